The van der Waals surface area contributed by atoms with Gasteiger partial charge in [-0.1, -0.05) is 56.0 Å². The lowest BCUT2D eigenvalue weighted by molar-refractivity contribution is -0.130. The van der Waals surface area contributed by atoms with Crippen LogP contribution in [0.5, 0.6) is 0 Å². The maximum atomic E-state index is 12.9. The van der Waals surface area contributed by atoms with Gasteiger partial charge in [0.15, 0.2) is 0 Å². The van der Waals surface area contributed by atoms with Crippen molar-refractivity contribution >= 4 is 5.91 Å². The molecule has 1 aromatic rings. The zero-order chi connectivity index (χ0) is 19.0. The van der Waals surface area contributed by atoms with Gasteiger partial charge in [-0.25, -0.2) is 0 Å². The Bertz CT molecular complexity index is 676. The summed E-state index contributed by atoms with van der Waals surface area (Å²) in [6.07, 6.45) is 12.6. The van der Waals surface area contributed by atoms with Crippen LogP contribution in [-0.2, 0) is 4.79 Å². The van der Waals surface area contributed by atoms with Crippen molar-refractivity contribution in [3.8, 4) is 0 Å². The number of nitrogens with one attached hydrogen (secondary N) is 1. The Balaban J connectivity index is 1.31. The second-order valence-electron chi connectivity index (χ2n) is 9.51. The number of likely N-dealkylation sites (tertiary alicyclic amines) is 1. The topological polar surface area (TPSA) is 35.6 Å². The first-order valence-electron chi connectivity index (χ1n) is 11.6. The van der Waals surface area contributed by atoms with Crippen molar-refractivity contribution in [2.45, 2.75) is 87.7 Å². The molecule has 0 bridgehead atoms. The van der Waals surface area contributed by atoms with Crippen LogP contribution in [0, 0.1) is 0 Å². The Morgan fingerprint density at radius 1 is 0.893 bits per heavy atom. The number of hydrogen-bond donors (Lipinski definition) is 1. The van der Waals surface area contributed by atoms with Crippen molar-refractivity contribution in [3.05, 3.63) is 35.9 Å². The lowest BCUT2D eigenvalue weighted by Gasteiger charge is -2.49. The van der Waals surface area contributed by atoms with Crippen LogP contribution in [0.3, 0.4) is 0 Å². The first-order valence-corrected chi connectivity index (χ1v) is 11.6. The average Bonchev–Trinajstić information content (AvgIpc) is 3.38. The molecule has 1 aromatic carbocycles. The van der Waals surface area contributed by atoms with Crippen molar-refractivity contribution in [1.29, 1.82) is 0 Å². The molecular formula is C24H35N3O. The van der Waals surface area contributed by atoms with Gasteiger partial charge >= 0.3 is 0 Å². The Kier molecular flexibility index (Phi) is 5.18. The molecule has 4 aliphatic rings. The summed E-state index contributed by atoms with van der Waals surface area (Å²) in [4.78, 5) is 18.2. The van der Waals surface area contributed by atoms with Crippen LogP contribution in [0.25, 0.3) is 0 Å². The van der Waals surface area contributed by atoms with E-state index < -0.39 is 0 Å². The highest BCUT2D eigenvalue weighted by Gasteiger charge is 2.53. The second kappa shape index (κ2) is 7.79. The molecule has 2 saturated carbocycles. The van der Waals surface area contributed by atoms with Crippen LogP contribution in [0.1, 0.15) is 75.7 Å². The van der Waals surface area contributed by atoms with E-state index in [1.165, 1.54) is 56.9 Å². The quantitative estimate of drug-likeness (QED) is 0.863. The van der Waals surface area contributed by atoms with Crippen LogP contribution in [-0.4, -0.2) is 53.1 Å². The monoisotopic (exact) mass is 381 g/mol. The first-order chi connectivity index (χ1) is 13.8. The summed E-state index contributed by atoms with van der Waals surface area (Å²) >= 11 is 0. The molecule has 4 nitrogen and oxygen atoms in total. The first kappa shape index (κ1) is 18.6. The zero-order valence-electron chi connectivity index (χ0n) is 17.1. The highest BCUT2D eigenvalue weighted by molar-refractivity contribution is 5.88. The molecule has 152 valence electrons. The van der Waals surface area contributed by atoms with Crippen LogP contribution in [0.2, 0.25) is 0 Å². The van der Waals surface area contributed by atoms with Crippen molar-refractivity contribution < 1.29 is 4.79 Å². The van der Waals surface area contributed by atoms with E-state index >= 15 is 0 Å². The number of carbonyl (C=O) groups is 1. The molecule has 2 saturated heterocycles. The normalized spacial score (nSPS) is 32.1. The lowest BCUT2D eigenvalue weighted by atomic mass is 9.77. The molecule has 2 atom stereocenters. The number of benzene rings is 1. The standard InChI is InChI=1S/C24H35N3O/c28-23-24(27(18-25-23)20-10-4-5-11-20)14-16-26(17-15-24)22-13-7-6-12-21(22)19-8-2-1-3-9-19/h1-3,8-9,20-22H,4-7,10-18H2,(H,25,28)/t21-,22-/m0/s1. The summed E-state index contributed by atoms with van der Waals surface area (Å²) < 4.78 is 0. The van der Waals surface area contributed by atoms with Gasteiger partial charge in [0.05, 0.1) is 6.67 Å². The molecule has 0 unspecified atom stereocenters. The minimum atomic E-state index is -0.220. The van der Waals surface area contributed by atoms with E-state index in [2.05, 4.69) is 45.4 Å². The number of piperidine rings is 1. The molecule has 1 amide bonds. The van der Waals surface area contributed by atoms with E-state index in [4.69, 9.17) is 0 Å². The number of amides is 1. The van der Waals surface area contributed by atoms with Crippen LogP contribution >= 0.6 is 0 Å². The maximum Gasteiger partial charge on any atom is 0.241 e. The van der Waals surface area contributed by atoms with Crippen molar-refractivity contribution in [3.63, 3.8) is 0 Å². The molecule has 0 radical (unpaired) electrons. The Labute approximate surface area is 169 Å². The molecule has 2 aliphatic carbocycles. The van der Waals surface area contributed by atoms with Gasteiger partial charge in [-0.2, -0.15) is 0 Å². The molecule has 28 heavy (non-hydrogen) atoms. The molecule has 5 rings (SSSR count). The smallest absolute Gasteiger partial charge is 0.241 e. The van der Waals surface area contributed by atoms with E-state index in [1.807, 2.05) is 0 Å². The molecule has 0 aromatic heterocycles. The van der Waals surface area contributed by atoms with Gasteiger partial charge in [0.1, 0.15) is 5.54 Å². The van der Waals surface area contributed by atoms with Gasteiger partial charge in [0.25, 0.3) is 0 Å². The third kappa shape index (κ3) is 3.19. The fourth-order valence-corrected chi connectivity index (χ4v) is 6.68. The molecule has 1 spiro atoms. The zero-order valence-corrected chi connectivity index (χ0v) is 17.1. The van der Waals surface area contributed by atoms with Crippen LogP contribution < -0.4 is 5.32 Å². The number of rotatable bonds is 3. The van der Waals surface area contributed by atoms with Gasteiger partial charge in [-0.15, -0.1) is 0 Å². The summed E-state index contributed by atoms with van der Waals surface area (Å²) in [7, 11) is 0. The SMILES string of the molecule is O=C1NCN(C2CCCC2)C12CCN([C@H]1CCCC[C@H]1c1ccccc1)CC2. The van der Waals surface area contributed by atoms with Gasteiger partial charge in [0.2, 0.25) is 5.91 Å². The molecule has 1 N–H and O–H groups in total. The number of carbonyl (C=O) groups excluding carboxylic acids is 1. The predicted octanol–water partition coefficient (Wildman–Crippen LogP) is 3.88. The Morgan fingerprint density at radius 3 is 2.32 bits per heavy atom. The molecule has 2 aliphatic heterocycles. The van der Waals surface area contributed by atoms with Gasteiger partial charge < -0.3 is 5.32 Å². The van der Waals surface area contributed by atoms with Crippen LogP contribution in [0.4, 0.5) is 0 Å². The maximum absolute atomic E-state index is 12.9. The van der Waals surface area contributed by atoms with Crippen molar-refractivity contribution in [2.75, 3.05) is 19.8 Å². The Morgan fingerprint density at radius 2 is 1.57 bits per heavy atom. The summed E-state index contributed by atoms with van der Waals surface area (Å²) in [5.74, 6) is 0.967. The minimum Gasteiger partial charge on any atom is -0.342 e. The summed E-state index contributed by atoms with van der Waals surface area (Å²) in [6, 6.07) is 12.4. The molecule has 4 heteroatoms. The predicted molar refractivity (Wildman–Crippen MR) is 112 cm³/mol. The highest BCUT2D eigenvalue weighted by Crippen LogP contribution is 2.42. The largest absolute Gasteiger partial charge is 0.342 e. The average molecular weight is 382 g/mol. The Hall–Kier alpha value is -1.39. The van der Waals surface area contributed by atoms with E-state index in [-0.39, 0.29) is 5.54 Å². The summed E-state index contributed by atoms with van der Waals surface area (Å²) in [5.41, 5.74) is 1.29. The molecular weight excluding hydrogens is 346 g/mol. The minimum absolute atomic E-state index is 0.220. The van der Waals surface area contributed by atoms with E-state index in [9.17, 15) is 4.79 Å². The lowest BCUT2D eigenvalue weighted by Crippen LogP contribution is -2.60. The van der Waals surface area contributed by atoms with E-state index in [0.29, 0.717) is 23.9 Å². The third-order valence-corrected chi connectivity index (χ3v) is 8.20. The van der Waals surface area contributed by atoms with Gasteiger partial charge in [0, 0.05) is 25.2 Å². The molecule has 2 heterocycles. The fourth-order valence-electron chi connectivity index (χ4n) is 6.68. The van der Waals surface area contributed by atoms with Crippen molar-refractivity contribution in [1.82, 2.24) is 15.1 Å². The summed E-state index contributed by atoms with van der Waals surface area (Å²) in [5, 5.41) is 3.20. The second-order valence-corrected chi connectivity index (χ2v) is 9.51. The van der Waals surface area contributed by atoms with Gasteiger partial charge in [-0.3, -0.25) is 14.6 Å². The van der Waals surface area contributed by atoms with Crippen molar-refractivity contribution in [2.24, 2.45) is 0 Å². The number of hydrogen-bond acceptors (Lipinski definition) is 3. The fraction of sp³-hybridized carbons (Fsp3) is 0.708. The third-order valence-electron chi connectivity index (χ3n) is 8.20. The van der Waals surface area contributed by atoms with E-state index in [1.54, 1.807) is 0 Å². The highest BCUT2D eigenvalue weighted by atomic mass is 16.2. The molecule has 4 fully saturated rings. The summed E-state index contributed by atoms with van der Waals surface area (Å²) in [6.45, 7) is 2.93. The van der Waals surface area contributed by atoms with E-state index in [0.717, 1.165) is 32.6 Å². The van der Waals surface area contributed by atoms with Crippen LogP contribution in [0.15, 0.2) is 30.3 Å². The van der Waals surface area contributed by atoms with Gasteiger partial charge in [-0.05, 0) is 50.0 Å². The number of nitrogens with zero attached hydrogens (tertiary/aromatic N) is 2.